The van der Waals surface area contributed by atoms with E-state index in [1.807, 2.05) is 0 Å². The number of aromatic nitrogens is 5. The average Bonchev–Trinajstić information content (AvgIpc) is 3.34. The van der Waals surface area contributed by atoms with Gasteiger partial charge in [0.05, 0.1) is 39.6 Å². The van der Waals surface area contributed by atoms with E-state index in [4.69, 9.17) is 9.47 Å². The Morgan fingerprint density at radius 3 is 2.32 bits per heavy atom. The lowest BCUT2D eigenvalue weighted by molar-refractivity contribution is -0.274. The third kappa shape index (κ3) is 6.74. The van der Waals surface area contributed by atoms with Gasteiger partial charge in [-0.25, -0.2) is 4.98 Å². The van der Waals surface area contributed by atoms with Gasteiger partial charge in [-0.1, -0.05) is 0 Å². The fraction of sp³-hybridized carbons (Fsp3) is 0.346. The van der Waals surface area contributed by atoms with Crippen molar-refractivity contribution in [2.24, 2.45) is 0 Å². The first-order valence-corrected chi connectivity index (χ1v) is 12.6. The highest BCUT2D eigenvalue weighted by atomic mass is 19.4. The zero-order valence-corrected chi connectivity index (χ0v) is 22.3. The number of anilines is 1. The van der Waals surface area contributed by atoms with Gasteiger partial charge < -0.3 is 24.4 Å². The number of carbonyl (C=O) groups is 1. The van der Waals surface area contributed by atoms with E-state index in [2.05, 4.69) is 34.9 Å². The Balaban J connectivity index is 1.23. The third-order valence-electron chi connectivity index (χ3n) is 6.43. The molecule has 12 nitrogen and oxygen atoms in total. The number of carbonyl (C=O) groups excluding carboxylic acids is 1. The number of alkyl halides is 3. The van der Waals surface area contributed by atoms with Crippen LogP contribution in [0.5, 0.6) is 17.5 Å². The Kier molecular flexibility index (Phi) is 8.05. The summed E-state index contributed by atoms with van der Waals surface area (Å²) in [6.45, 7) is 2.79. The Bertz CT molecular complexity index is 1480. The summed E-state index contributed by atoms with van der Waals surface area (Å²) >= 11 is 0. The Hall–Kier alpha value is -4.66. The maximum Gasteiger partial charge on any atom is 0.573 e. The number of methoxy groups -OCH3 is 2. The van der Waals surface area contributed by atoms with Crippen molar-refractivity contribution >= 4 is 17.4 Å². The predicted octanol–water partition coefficient (Wildman–Crippen LogP) is 2.86. The lowest BCUT2D eigenvalue weighted by Crippen LogP contribution is -2.49. The molecule has 1 amide bonds. The van der Waals surface area contributed by atoms with Crippen LogP contribution in [0.3, 0.4) is 0 Å². The number of rotatable bonds is 9. The number of amides is 1. The molecule has 0 spiro atoms. The molecule has 41 heavy (non-hydrogen) atoms. The molecule has 3 aromatic heterocycles. The van der Waals surface area contributed by atoms with Gasteiger partial charge in [0.1, 0.15) is 23.1 Å². The molecule has 216 valence electrons. The summed E-state index contributed by atoms with van der Waals surface area (Å²) in [6.07, 6.45) is 0.0322. The molecule has 1 aliphatic rings. The normalized spacial score (nSPS) is 14.2. The van der Waals surface area contributed by atoms with Crippen LogP contribution in [0.1, 0.15) is 5.82 Å². The molecule has 0 radical (unpaired) electrons. The van der Waals surface area contributed by atoms with Crippen LogP contribution < -0.4 is 19.5 Å². The Morgan fingerprint density at radius 2 is 1.68 bits per heavy atom. The fourth-order valence-electron chi connectivity index (χ4n) is 4.45. The zero-order valence-electron chi connectivity index (χ0n) is 22.3. The first-order chi connectivity index (χ1) is 19.7. The molecule has 4 aromatic rings. The van der Waals surface area contributed by atoms with Crippen molar-refractivity contribution in [3.63, 3.8) is 0 Å². The SMILES string of the molecule is COc1cc(OC)nc(CN2CCN(C(=O)CNc3c(-c4ccc(OC(F)(F)F)cc4)nc4cnccn34)CC2)n1. The number of nitrogens with zero attached hydrogens (tertiary/aromatic N) is 7. The largest absolute Gasteiger partial charge is 0.573 e. The van der Waals surface area contributed by atoms with Crippen LogP contribution in [-0.2, 0) is 11.3 Å². The fourth-order valence-corrected chi connectivity index (χ4v) is 4.45. The van der Waals surface area contributed by atoms with Crippen LogP contribution in [0, 0.1) is 0 Å². The molecular weight excluding hydrogens is 545 g/mol. The lowest BCUT2D eigenvalue weighted by atomic mass is 10.1. The molecule has 0 bridgehead atoms. The van der Waals surface area contributed by atoms with Crippen molar-refractivity contribution in [2.45, 2.75) is 12.9 Å². The average molecular weight is 573 g/mol. The number of ether oxygens (including phenoxy) is 3. The van der Waals surface area contributed by atoms with E-state index < -0.39 is 6.36 Å². The van der Waals surface area contributed by atoms with Crippen LogP contribution in [0.25, 0.3) is 16.9 Å². The van der Waals surface area contributed by atoms with E-state index in [1.165, 1.54) is 38.5 Å². The molecule has 1 aromatic carbocycles. The van der Waals surface area contributed by atoms with E-state index in [0.717, 1.165) is 0 Å². The van der Waals surface area contributed by atoms with Crippen molar-refractivity contribution < 1.29 is 32.2 Å². The molecule has 0 atom stereocenters. The molecule has 1 N–H and O–H groups in total. The molecular formula is C26H27F3N8O4. The predicted molar refractivity (Wildman–Crippen MR) is 141 cm³/mol. The molecule has 15 heteroatoms. The maximum atomic E-state index is 13.1. The summed E-state index contributed by atoms with van der Waals surface area (Å²) in [5.74, 6) is 1.47. The van der Waals surface area contributed by atoms with Gasteiger partial charge in [0, 0.05) is 44.1 Å². The van der Waals surface area contributed by atoms with Crippen LogP contribution in [0.15, 0.2) is 48.9 Å². The van der Waals surface area contributed by atoms with Gasteiger partial charge in [-0.15, -0.1) is 13.2 Å². The smallest absolute Gasteiger partial charge is 0.481 e. The van der Waals surface area contributed by atoms with Crippen molar-refractivity contribution in [2.75, 3.05) is 52.3 Å². The second-order valence-corrected chi connectivity index (χ2v) is 9.07. The van der Waals surface area contributed by atoms with Crippen molar-refractivity contribution in [3.05, 3.63) is 54.7 Å². The summed E-state index contributed by atoms with van der Waals surface area (Å²) in [5, 5.41) is 3.17. The minimum Gasteiger partial charge on any atom is -0.481 e. The number of hydrogen-bond acceptors (Lipinski definition) is 10. The standard InChI is InChI=1S/C26H27F3N8O4/c1-39-21-13-22(40-2)33-19(32-21)16-35-9-11-36(12-10-35)23(38)15-31-25-24(34-20-14-30-7-8-37(20)25)17-3-5-18(6-4-17)41-26(27,28)29/h3-8,13-14,31H,9-12,15-16H2,1-2H3. The number of benzene rings is 1. The topological polar surface area (TPSA) is 119 Å². The van der Waals surface area contributed by atoms with Gasteiger partial charge in [-0.2, -0.15) is 9.97 Å². The minimum absolute atomic E-state index is 0.00538. The van der Waals surface area contributed by atoms with Crippen LogP contribution in [-0.4, -0.2) is 93.3 Å². The first kappa shape index (κ1) is 27.9. The van der Waals surface area contributed by atoms with Gasteiger partial charge in [-0.05, 0) is 24.3 Å². The number of piperazine rings is 1. The van der Waals surface area contributed by atoms with Crippen LogP contribution in [0.4, 0.5) is 19.0 Å². The molecule has 0 unspecified atom stereocenters. The number of fused-ring (bicyclic) bond motifs is 1. The molecule has 1 saturated heterocycles. The number of nitrogens with one attached hydrogen (secondary N) is 1. The highest BCUT2D eigenvalue weighted by molar-refractivity contribution is 5.84. The Labute approximate surface area is 232 Å². The summed E-state index contributed by atoms with van der Waals surface area (Å²) in [4.78, 5) is 34.4. The van der Waals surface area contributed by atoms with E-state index in [0.29, 0.717) is 73.0 Å². The third-order valence-corrected chi connectivity index (χ3v) is 6.43. The summed E-state index contributed by atoms with van der Waals surface area (Å²) in [6, 6.07) is 6.99. The zero-order chi connectivity index (χ0) is 29.0. The molecule has 1 fully saturated rings. The number of halogens is 3. The monoisotopic (exact) mass is 572 g/mol. The maximum absolute atomic E-state index is 13.1. The summed E-state index contributed by atoms with van der Waals surface area (Å²) in [7, 11) is 3.06. The van der Waals surface area contributed by atoms with Crippen molar-refractivity contribution in [1.29, 1.82) is 0 Å². The lowest BCUT2D eigenvalue weighted by Gasteiger charge is -2.34. The first-order valence-electron chi connectivity index (χ1n) is 12.6. The molecule has 5 rings (SSSR count). The molecule has 0 saturated carbocycles. The van der Waals surface area contributed by atoms with Gasteiger partial charge in [0.2, 0.25) is 17.7 Å². The van der Waals surface area contributed by atoms with Gasteiger partial charge in [-0.3, -0.25) is 19.1 Å². The van der Waals surface area contributed by atoms with Crippen molar-refractivity contribution in [1.82, 2.24) is 34.1 Å². The molecule has 4 heterocycles. The van der Waals surface area contributed by atoms with Crippen LogP contribution >= 0.6 is 0 Å². The number of hydrogen-bond donors (Lipinski definition) is 1. The summed E-state index contributed by atoms with van der Waals surface area (Å²) in [5.41, 5.74) is 1.52. The Morgan fingerprint density at radius 1 is 1.00 bits per heavy atom. The minimum atomic E-state index is -4.79. The molecule has 0 aliphatic carbocycles. The van der Waals surface area contributed by atoms with E-state index in [-0.39, 0.29) is 18.2 Å². The van der Waals surface area contributed by atoms with Gasteiger partial charge in [0.15, 0.2) is 5.65 Å². The van der Waals surface area contributed by atoms with Gasteiger partial charge in [0.25, 0.3) is 0 Å². The second kappa shape index (κ2) is 11.8. The van der Waals surface area contributed by atoms with E-state index in [1.54, 1.807) is 34.0 Å². The number of imidazole rings is 1. The highest BCUT2D eigenvalue weighted by Gasteiger charge is 2.31. The summed E-state index contributed by atoms with van der Waals surface area (Å²) < 4.78 is 53.8. The second-order valence-electron chi connectivity index (χ2n) is 9.07. The van der Waals surface area contributed by atoms with Crippen molar-refractivity contribution in [3.8, 4) is 28.8 Å². The van der Waals surface area contributed by atoms with Crippen LogP contribution in [0.2, 0.25) is 0 Å². The van der Waals surface area contributed by atoms with E-state index in [9.17, 15) is 18.0 Å². The quantitative estimate of drug-likeness (QED) is 0.321. The highest BCUT2D eigenvalue weighted by Crippen LogP contribution is 2.31. The van der Waals surface area contributed by atoms with E-state index >= 15 is 0 Å². The molecule has 1 aliphatic heterocycles. The van der Waals surface area contributed by atoms with Gasteiger partial charge >= 0.3 is 6.36 Å².